The van der Waals surface area contributed by atoms with E-state index in [1.807, 2.05) is 67.3 Å². The second kappa shape index (κ2) is 12.5. The summed E-state index contributed by atoms with van der Waals surface area (Å²) in [6, 6.07) is 15.1. The van der Waals surface area contributed by atoms with E-state index in [4.69, 9.17) is 14.7 Å². The van der Waals surface area contributed by atoms with E-state index >= 15 is 0 Å². The van der Waals surface area contributed by atoms with Gasteiger partial charge in [0.05, 0.1) is 19.2 Å². The summed E-state index contributed by atoms with van der Waals surface area (Å²) in [7, 11) is 1.39. The van der Waals surface area contributed by atoms with Gasteiger partial charge in [0.25, 0.3) is 0 Å². The molecular formula is C27H33IN6O3. The first-order chi connectivity index (χ1) is 17.9. The molecule has 1 fully saturated rings. The molecule has 2 N–H and O–H groups in total. The highest BCUT2D eigenvalue weighted by Crippen LogP contribution is 2.23. The minimum atomic E-state index is -0.518. The van der Waals surface area contributed by atoms with E-state index in [9.17, 15) is 9.59 Å². The number of hydrogen-bond acceptors (Lipinski definition) is 7. The molecule has 10 heteroatoms. The lowest BCUT2D eigenvalue weighted by atomic mass is 10.0. The maximum atomic E-state index is 12.7. The zero-order chi connectivity index (χ0) is 26.4. The van der Waals surface area contributed by atoms with E-state index in [-0.39, 0.29) is 17.9 Å². The van der Waals surface area contributed by atoms with Crippen molar-refractivity contribution in [2.75, 3.05) is 43.9 Å². The number of fused-ring (bicyclic) bond motifs is 1. The fourth-order valence-corrected chi connectivity index (χ4v) is 4.77. The standard InChI is InChI=1S/C27H33IN6O3/c1-18(2)24(26(35)37-3)32-25-21-6-4-5-7-22(21)30-23(31-25)17-33-12-14-34(15-13-33)27(36)29-20-10-8-19(16-28)9-11-20/h4-11,18,24H,12-17H2,1-3H3,(H,29,36)(H,30,31,32)/t24-/m0/s1. The van der Waals surface area contributed by atoms with E-state index in [1.165, 1.54) is 12.7 Å². The second-order valence-electron chi connectivity index (χ2n) is 9.42. The molecule has 0 spiro atoms. The monoisotopic (exact) mass is 616 g/mol. The van der Waals surface area contributed by atoms with Crippen molar-refractivity contribution in [3.8, 4) is 0 Å². The Balaban J connectivity index is 1.41. The molecular weight excluding hydrogens is 583 g/mol. The number of ether oxygens (including phenoxy) is 1. The molecule has 1 saturated heterocycles. The number of esters is 1. The fourth-order valence-electron chi connectivity index (χ4n) is 4.27. The van der Waals surface area contributed by atoms with Crippen molar-refractivity contribution in [1.29, 1.82) is 0 Å². The molecule has 37 heavy (non-hydrogen) atoms. The lowest BCUT2D eigenvalue weighted by Gasteiger charge is -2.34. The molecule has 0 bridgehead atoms. The molecule has 4 rings (SSSR count). The van der Waals surface area contributed by atoms with Crippen LogP contribution < -0.4 is 10.6 Å². The largest absolute Gasteiger partial charge is 0.467 e. The van der Waals surface area contributed by atoms with Crippen molar-refractivity contribution >= 4 is 57.0 Å². The molecule has 1 atom stereocenters. The first-order valence-electron chi connectivity index (χ1n) is 12.4. The van der Waals surface area contributed by atoms with E-state index in [1.54, 1.807) is 0 Å². The van der Waals surface area contributed by atoms with Crippen LogP contribution in [-0.2, 0) is 20.5 Å². The Hall–Kier alpha value is -2.99. The lowest BCUT2D eigenvalue weighted by molar-refractivity contribution is -0.142. The van der Waals surface area contributed by atoms with Gasteiger partial charge in [-0.2, -0.15) is 0 Å². The minimum absolute atomic E-state index is 0.0214. The van der Waals surface area contributed by atoms with Crippen molar-refractivity contribution in [3.05, 3.63) is 59.9 Å². The summed E-state index contributed by atoms with van der Waals surface area (Å²) in [5, 5.41) is 7.14. The number of methoxy groups -OCH3 is 1. The topological polar surface area (TPSA) is 99.7 Å². The molecule has 0 saturated carbocycles. The number of urea groups is 1. The predicted octanol–water partition coefficient (Wildman–Crippen LogP) is 4.52. The van der Waals surface area contributed by atoms with E-state index in [2.05, 4.69) is 38.1 Å². The Morgan fingerprint density at radius 2 is 1.73 bits per heavy atom. The average Bonchev–Trinajstić information content (AvgIpc) is 2.91. The van der Waals surface area contributed by atoms with Crippen LogP contribution in [0.2, 0.25) is 0 Å². The van der Waals surface area contributed by atoms with Crippen LogP contribution in [0.4, 0.5) is 16.3 Å². The van der Waals surface area contributed by atoms with Gasteiger partial charge >= 0.3 is 12.0 Å². The number of piperazine rings is 1. The quantitative estimate of drug-likeness (QED) is 0.218. The van der Waals surface area contributed by atoms with Crippen molar-refractivity contribution < 1.29 is 14.3 Å². The van der Waals surface area contributed by atoms with Crippen LogP contribution in [0, 0.1) is 5.92 Å². The first kappa shape index (κ1) is 27.1. The summed E-state index contributed by atoms with van der Waals surface area (Å²) in [5.74, 6) is 0.987. The third-order valence-electron chi connectivity index (χ3n) is 6.45. The SMILES string of the molecule is COC(=O)[C@@H](Nc1nc(CN2CCN(C(=O)Nc3ccc(CI)cc3)CC2)nc2ccccc12)C(C)C. The minimum Gasteiger partial charge on any atom is -0.467 e. The lowest BCUT2D eigenvalue weighted by Crippen LogP contribution is -2.49. The number of aromatic nitrogens is 2. The Kier molecular flexibility index (Phi) is 9.14. The Morgan fingerprint density at radius 1 is 1.03 bits per heavy atom. The van der Waals surface area contributed by atoms with Gasteiger partial charge < -0.3 is 20.3 Å². The van der Waals surface area contributed by atoms with Gasteiger partial charge in [0.15, 0.2) is 0 Å². The number of rotatable bonds is 8. The van der Waals surface area contributed by atoms with Crippen molar-refractivity contribution in [3.63, 3.8) is 0 Å². The summed E-state index contributed by atoms with van der Waals surface area (Å²) in [5.41, 5.74) is 2.85. The van der Waals surface area contributed by atoms with Crippen LogP contribution in [0.1, 0.15) is 25.2 Å². The molecule has 2 heterocycles. The molecule has 0 aliphatic carbocycles. The maximum absolute atomic E-state index is 12.7. The molecule has 3 aromatic rings. The molecule has 2 aromatic carbocycles. The van der Waals surface area contributed by atoms with Gasteiger partial charge in [0, 0.05) is 41.7 Å². The predicted molar refractivity (Wildman–Crippen MR) is 154 cm³/mol. The zero-order valence-electron chi connectivity index (χ0n) is 21.4. The summed E-state index contributed by atoms with van der Waals surface area (Å²) in [6.45, 7) is 7.16. The highest BCUT2D eigenvalue weighted by atomic mass is 127. The van der Waals surface area contributed by atoms with Crippen LogP contribution in [-0.4, -0.2) is 71.1 Å². The van der Waals surface area contributed by atoms with Crippen LogP contribution in [0.5, 0.6) is 0 Å². The van der Waals surface area contributed by atoms with Gasteiger partial charge in [-0.15, -0.1) is 0 Å². The number of halogens is 1. The number of para-hydroxylation sites is 1. The molecule has 0 unspecified atom stereocenters. The summed E-state index contributed by atoms with van der Waals surface area (Å²) in [6.07, 6.45) is 0. The molecule has 2 amide bonds. The van der Waals surface area contributed by atoms with Crippen molar-refractivity contribution in [2.45, 2.75) is 30.9 Å². The van der Waals surface area contributed by atoms with Gasteiger partial charge in [-0.25, -0.2) is 19.6 Å². The van der Waals surface area contributed by atoms with Gasteiger partial charge in [0.2, 0.25) is 0 Å². The summed E-state index contributed by atoms with van der Waals surface area (Å²) in [4.78, 5) is 38.7. The fraction of sp³-hybridized carbons (Fsp3) is 0.407. The first-order valence-corrected chi connectivity index (χ1v) is 13.9. The molecule has 9 nitrogen and oxygen atoms in total. The maximum Gasteiger partial charge on any atom is 0.328 e. The number of carbonyl (C=O) groups is 2. The summed E-state index contributed by atoms with van der Waals surface area (Å²) < 4.78 is 5.94. The van der Waals surface area contributed by atoms with E-state index < -0.39 is 6.04 Å². The third kappa shape index (κ3) is 6.86. The molecule has 196 valence electrons. The van der Waals surface area contributed by atoms with Gasteiger partial charge in [-0.1, -0.05) is 60.7 Å². The highest BCUT2D eigenvalue weighted by Gasteiger charge is 2.25. The van der Waals surface area contributed by atoms with Crippen LogP contribution >= 0.6 is 22.6 Å². The zero-order valence-corrected chi connectivity index (χ0v) is 23.6. The molecule has 1 aliphatic heterocycles. The summed E-state index contributed by atoms with van der Waals surface area (Å²) >= 11 is 2.32. The number of nitrogens with zero attached hydrogens (tertiary/aromatic N) is 4. The molecule has 1 aliphatic rings. The third-order valence-corrected chi connectivity index (χ3v) is 7.33. The van der Waals surface area contributed by atoms with Crippen molar-refractivity contribution in [1.82, 2.24) is 19.8 Å². The number of nitrogens with one attached hydrogen (secondary N) is 2. The number of alkyl halides is 1. The number of benzene rings is 2. The molecule has 1 aromatic heterocycles. The van der Waals surface area contributed by atoms with E-state index in [0.717, 1.165) is 34.1 Å². The van der Waals surface area contributed by atoms with Gasteiger partial charge in [0.1, 0.15) is 17.7 Å². The Bertz CT molecular complexity index is 1230. The molecule has 0 radical (unpaired) electrons. The number of anilines is 2. The number of hydrogen-bond donors (Lipinski definition) is 2. The normalized spacial score (nSPS) is 15.0. The Morgan fingerprint density at radius 3 is 2.38 bits per heavy atom. The van der Waals surface area contributed by atoms with Crippen LogP contribution in [0.3, 0.4) is 0 Å². The van der Waals surface area contributed by atoms with Crippen LogP contribution in [0.15, 0.2) is 48.5 Å². The smallest absolute Gasteiger partial charge is 0.328 e. The second-order valence-corrected chi connectivity index (χ2v) is 10.2. The average molecular weight is 617 g/mol. The van der Waals surface area contributed by atoms with E-state index in [0.29, 0.717) is 31.3 Å². The Labute approximate surface area is 231 Å². The number of amides is 2. The van der Waals surface area contributed by atoms with Crippen LogP contribution in [0.25, 0.3) is 10.9 Å². The highest BCUT2D eigenvalue weighted by molar-refractivity contribution is 14.1. The van der Waals surface area contributed by atoms with Crippen molar-refractivity contribution in [2.24, 2.45) is 5.92 Å². The van der Waals surface area contributed by atoms with Gasteiger partial charge in [-0.05, 0) is 35.7 Å². The number of carbonyl (C=O) groups excluding carboxylic acids is 2. The van der Waals surface area contributed by atoms with Gasteiger partial charge in [-0.3, -0.25) is 4.90 Å².